The molecule has 0 spiro atoms. The van der Waals surface area contributed by atoms with Crippen LogP contribution in [0.1, 0.15) is 19.5 Å². The van der Waals surface area contributed by atoms with E-state index < -0.39 is 17.8 Å². The maximum atomic E-state index is 13.4. The Kier molecular flexibility index (Phi) is 6.46. The molecule has 3 aromatic rings. The lowest BCUT2D eigenvalue weighted by Gasteiger charge is -2.22. The number of aromatic nitrogens is 2. The lowest BCUT2D eigenvalue weighted by molar-refractivity contribution is -0.286. The highest BCUT2D eigenvalue weighted by Crippen LogP contribution is 2.42. The number of halogens is 2. The van der Waals surface area contributed by atoms with Gasteiger partial charge >= 0.3 is 6.29 Å². The van der Waals surface area contributed by atoms with Gasteiger partial charge in [0.2, 0.25) is 5.91 Å². The third kappa shape index (κ3) is 4.68. The van der Waals surface area contributed by atoms with Crippen molar-refractivity contribution in [2.45, 2.75) is 26.7 Å². The average Bonchev–Trinajstić information content (AvgIpc) is 3.14. The molecule has 2 aromatic carbocycles. The van der Waals surface area contributed by atoms with Crippen molar-refractivity contribution in [1.29, 1.82) is 0 Å². The van der Waals surface area contributed by atoms with E-state index in [0.717, 1.165) is 4.68 Å². The molecule has 0 saturated carbocycles. The Bertz CT molecular complexity index is 1430. The number of carbonyl (C=O) groups is 1. The Morgan fingerprint density at radius 2 is 1.91 bits per heavy atom. The third-order valence-corrected chi connectivity index (χ3v) is 5.32. The fourth-order valence-electron chi connectivity index (χ4n) is 3.84. The molecule has 0 fully saturated rings. The van der Waals surface area contributed by atoms with Gasteiger partial charge in [-0.25, -0.2) is 4.68 Å². The van der Waals surface area contributed by atoms with Gasteiger partial charge in [-0.1, -0.05) is 30.4 Å². The van der Waals surface area contributed by atoms with Crippen LogP contribution in [0.15, 0.2) is 70.6 Å². The lowest BCUT2D eigenvalue weighted by Crippen LogP contribution is -2.37. The Hall–Kier alpha value is -4.34. The summed E-state index contributed by atoms with van der Waals surface area (Å²) in [5.41, 5.74) is 0.957. The van der Waals surface area contributed by atoms with Crippen LogP contribution in [-0.2, 0) is 11.3 Å². The van der Waals surface area contributed by atoms with E-state index in [4.69, 9.17) is 0 Å². The fraction of sp³-hybridized carbons (Fsp3) is 0.200. The number of hydrogen-bond donors (Lipinski definition) is 0. The van der Waals surface area contributed by atoms with Crippen LogP contribution in [0.25, 0.3) is 16.3 Å². The van der Waals surface area contributed by atoms with Crippen LogP contribution in [-0.4, -0.2) is 35.2 Å². The number of alkyl halides is 2. The predicted molar refractivity (Wildman–Crippen MR) is 129 cm³/mol. The number of likely N-dealkylation sites (N-methyl/N-ethyl adjacent to an activating group) is 1. The zero-order valence-corrected chi connectivity index (χ0v) is 19.1. The molecule has 180 valence electrons. The highest BCUT2D eigenvalue weighted by Gasteiger charge is 2.43. The molecule has 8 nitrogen and oxygen atoms in total. The number of allylic oxidation sites excluding steroid dienone is 3. The quantitative estimate of drug-likeness (QED) is 0.370. The van der Waals surface area contributed by atoms with Crippen LogP contribution in [0.3, 0.4) is 0 Å². The zero-order chi connectivity index (χ0) is 25.2. The van der Waals surface area contributed by atoms with Crippen molar-refractivity contribution in [3.8, 4) is 11.5 Å². The molecule has 4 rings (SSSR count). The first-order chi connectivity index (χ1) is 16.8. The number of anilines is 1. The van der Waals surface area contributed by atoms with Crippen LogP contribution < -0.4 is 19.9 Å². The van der Waals surface area contributed by atoms with Gasteiger partial charge in [-0.15, -0.1) is 8.78 Å². The molecule has 0 unspecified atom stereocenters. The monoisotopic (exact) mass is 480 g/mol. The van der Waals surface area contributed by atoms with E-state index in [1.807, 2.05) is 6.92 Å². The second-order valence-corrected chi connectivity index (χ2v) is 7.56. The fourth-order valence-corrected chi connectivity index (χ4v) is 3.84. The number of rotatable bonds is 7. The highest BCUT2D eigenvalue weighted by atomic mass is 19.3. The number of hydrogen-bond acceptors (Lipinski definition) is 6. The molecule has 1 amide bonds. The van der Waals surface area contributed by atoms with Gasteiger partial charge in [0, 0.05) is 35.5 Å². The summed E-state index contributed by atoms with van der Waals surface area (Å²) in [6, 6.07) is 11.0. The van der Waals surface area contributed by atoms with Crippen molar-refractivity contribution < 1.29 is 23.0 Å². The largest absolute Gasteiger partial charge is 0.586 e. The van der Waals surface area contributed by atoms with Gasteiger partial charge < -0.3 is 14.4 Å². The molecule has 0 radical (unpaired) electrons. The van der Waals surface area contributed by atoms with Gasteiger partial charge in [-0.05, 0) is 38.8 Å². The molecule has 35 heavy (non-hydrogen) atoms. The van der Waals surface area contributed by atoms with E-state index in [2.05, 4.69) is 26.3 Å². The van der Waals surface area contributed by atoms with Gasteiger partial charge in [-0.2, -0.15) is 5.10 Å². The van der Waals surface area contributed by atoms with Gasteiger partial charge in [0.15, 0.2) is 11.5 Å². The van der Waals surface area contributed by atoms with Crippen LogP contribution in [0.2, 0.25) is 0 Å². The average molecular weight is 480 g/mol. The third-order valence-electron chi connectivity index (χ3n) is 5.32. The summed E-state index contributed by atoms with van der Waals surface area (Å²) in [6.07, 6.45) is 1.34. The minimum Gasteiger partial charge on any atom is -0.395 e. The number of carbonyl (C=O) groups excluding carboxylic acids is 1. The van der Waals surface area contributed by atoms with Gasteiger partial charge in [0.05, 0.1) is 5.39 Å². The molecule has 0 bridgehead atoms. The summed E-state index contributed by atoms with van der Waals surface area (Å²) in [4.78, 5) is 31.6. The van der Waals surface area contributed by atoms with Crippen molar-refractivity contribution in [2.24, 2.45) is 4.99 Å². The van der Waals surface area contributed by atoms with E-state index in [1.165, 1.54) is 29.3 Å². The molecule has 0 N–H and O–H groups in total. The first-order valence-electron chi connectivity index (χ1n) is 10.8. The molecule has 1 aromatic heterocycles. The molecule has 2 heterocycles. The van der Waals surface area contributed by atoms with Crippen molar-refractivity contribution in [2.75, 3.05) is 11.4 Å². The second-order valence-electron chi connectivity index (χ2n) is 7.56. The molecular weight excluding hydrogens is 458 g/mol. The van der Waals surface area contributed by atoms with Crippen LogP contribution in [0, 0.1) is 0 Å². The summed E-state index contributed by atoms with van der Waals surface area (Å²) in [7, 11) is 0. The number of aliphatic imine (C=N–C) groups is 1. The molecule has 1 aliphatic rings. The maximum absolute atomic E-state index is 13.4. The second kappa shape index (κ2) is 9.49. The van der Waals surface area contributed by atoms with Gasteiger partial charge in [-0.3, -0.25) is 14.6 Å². The molecule has 10 heteroatoms. The van der Waals surface area contributed by atoms with Gasteiger partial charge in [0.1, 0.15) is 12.2 Å². The minimum absolute atomic E-state index is 0.126. The number of amides is 1. The molecule has 1 aliphatic heterocycles. The molecule has 0 aliphatic carbocycles. The smallest absolute Gasteiger partial charge is 0.395 e. The summed E-state index contributed by atoms with van der Waals surface area (Å²) in [5.74, 6) is -0.772. The maximum Gasteiger partial charge on any atom is 0.586 e. The van der Waals surface area contributed by atoms with Crippen LogP contribution in [0.4, 0.5) is 14.5 Å². The molecular formula is C25H22F2N4O4. The SMILES string of the molecule is C=N/C=C(\C=C/C)c1nn(CC(=O)N(CC)c2ccc3c(c2)OC(F)(F)O3)c(=O)c2ccccc12. The molecule has 0 atom stereocenters. The van der Waals surface area contributed by atoms with Gasteiger partial charge in [0.25, 0.3) is 5.56 Å². The van der Waals surface area contributed by atoms with Crippen molar-refractivity contribution >= 4 is 34.7 Å². The number of ether oxygens (including phenoxy) is 2. The first-order valence-corrected chi connectivity index (χ1v) is 10.8. The van der Waals surface area contributed by atoms with E-state index in [1.54, 1.807) is 43.3 Å². The van der Waals surface area contributed by atoms with Crippen molar-refractivity contribution in [3.63, 3.8) is 0 Å². The Balaban J connectivity index is 1.73. The predicted octanol–water partition coefficient (Wildman–Crippen LogP) is 4.39. The molecule has 0 saturated heterocycles. The Morgan fingerprint density at radius 1 is 1.20 bits per heavy atom. The van der Waals surface area contributed by atoms with Crippen LogP contribution >= 0.6 is 0 Å². The van der Waals surface area contributed by atoms with E-state index >= 15 is 0 Å². The summed E-state index contributed by atoms with van der Waals surface area (Å²) in [5, 5.41) is 5.47. The van der Waals surface area contributed by atoms with E-state index in [9.17, 15) is 18.4 Å². The van der Waals surface area contributed by atoms with Crippen molar-refractivity contribution in [3.05, 3.63) is 76.9 Å². The number of nitrogens with zero attached hydrogens (tertiary/aromatic N) is 4. The highest BCUT2D eigenvalue weighted by molar-refractivity contribution is 5.95. The summed E-state index contributed by atoms with van der Waals surface area (Å²) in [6.45, 7) is 6.89. The van der Waals surface area contributed by atoms with Crippen molar-refractivity contribution in [1.82, 2.24) is 9.78 Å². The normalized spacial score (nSPS) is 14.5. The zero-order valence-electron chi connectivity index (χ0n) is 19.1. The number of benzene rings is 2. The van der Waals surface area contributed by atoms with E-state index in [0.29, 0.717) is 27.7 Å². The standard InChI is InChI=1S/C25H22F2N4O4/c1-4-8-16(14-28-3)23-18-9-6-7-10-19(18)24(33)31(29-23)15-22(32)30(5-2)17-11-12-20-21(13-17)35-25(26,27)34-20/h4,6-14H,3,5,15H2,1-2H3/b8-4-,16-14+. The topological polar surface area (TPSA) is 86.0 Å². The summed E-state index contributed by atoms with van der Waals surface area (Å²) >= 11 is 0. The van der Waals surface area contributed by atoms with Crippen LogP contribution in [0.5, 0.6) is 11.5 Å². The Labute approximate surface area is 199 Å². The Morgan fingerprint density at radius 3 is 2.60 bits per heavy atom. The summed E-state index contributed by atoms with van der Waals surface area (Å²) < 4.78 is 36.8. The first kappa shape index (κ1) is 23.8. The minimum atomic E-state index is -3.76. The lowest BCUT2D eigenvalue weighted by atomic mass is 10.1. The number of fused-ring (bicyclic) bond motifs is 2. The van der Waals surface area contributed by atoms with E-state index in [-0.39, 0.29) is 24.6 Å².